The molecule has 1 aromatic rings. The highest BCUT2D eigenvalue weighted by molar-refractivity contribution is 7.90. The van der Waals surface area contributed by atoms with E-state index in [0.717, 1.165) is 18.4 Å². The van der Waals surface area contributed by atoms with Gasteiger partial charge in [0.05, 0.1) is 18.0 Å². The zero-order valence-electron chi connectivity index (χ0n) is 15.2. The number of amides is 3. The van der Waals surface area contributed by atoms with Crippen LogP contribution in [0.5, 0.6) is 0 Å². The number of hydrogen-bond acceptors (Lipinski definition) is 5. The molecule has 1 aromatic carbocycles. The van der Waals surface area contributed by atoms with Crippen molar-refractivity contribution >= 4 is 22.0 Å². The molecule has 1 N–H and O–H groups in total. The molecule has 0 unspecified atom stereocenters. The van der Waals surface area contributed by atoms with Crippen LogP contribution in [-0.4, -0.2) is 74.9 Å². The van der Waals surface area contributed by atoms with E-state index in [2.05, 4.69) is 5.32 Å². The molecule has 3 fully saturated rings. The molecular weight excluding hydrogens is 370 g/mol. The van der Waals surface area contributed by atoms with Crippen LogP contribution in [0.4, 0.5) is 9.59 Å². The maximum Gasteiger partial charge on any atom is 0.407 e. The Morgan fingerprint density at radius 2 is 1.78 bits per heavy atom. The Kier molecular flexibility index (Phi) is 4.29. The predicted octanol–water partition coefficient (Wildman–Crippen LogP) is 1.18. The van der Waals surface area contributed by atoms with Crippen LogP contribution < -0.4 is 5.32 Å². The molecule has 0 aliphatic carbocycles. The number of cyclic esters (lactones) is 1. The first kappa shape index (κ1) is 18.1. The maximum absolute atomic E-state index is 12.6. The maximum atomic E-state index is 12.6. The van der Waals surface area contributed by atoms with Gasteiger partial charge in [0, 0.05) is 19.3 Å². The Labute approximate surface area is 158 Å². The van der Waals surface area contributed by atoms with Gasteiger partial charge in [0.2, 0.25) is 0 Å². The van der Waals surface area contributed by atoms with Crippen LogP contribution >= 0.6 is 0 Å². The Morgan fingerprint density at radius 1 is 1.15 bits per heavy atom. The van der Waals surface area contributed by atoms with Crippen molar-refractivity contribution in [3.63, 3.8) is 0 Å². The Bertz CT molecular complexity index is 853. The second-order valence-electron chi connectivity index (χ2n) is 7.72. The van der Waals surface area contributed by atoms with Crippen molar-refractivity contribution in [3.8, 4) is 0 Å². The van der Waals surface area contributed by atoms with Crippen molar-refractivity contribution in [2.75, 3.05) is 39.0 Å². The zero-order valence-corrected chi connectivity index (χ0v) is 16.0. The number of ether oxygens (including phenoxy) is 1. The minimum Gasteiger partial charge on any atom is -0.447 e. The number of nitrogens with zero attached hydrogens (tertiary/aromatic N) is 2. The normalized spacial score (nSPS) is 22.3. The van der Waals surface area contributed by atoms with Crippen molar-refractivity contribution < 1.29 is 22.7 Å². The average Bonchev–Trinajstić information content (AvgIpc) is 3.02. The summed E-state index contributed by atoms with van der Waals surface area (Å²) in [6.07, 6.45) is 2.49. The molecule has 0 radical (unpaired) electrons. The fraction of sp³-hybridized carbons (Fsp3) is 0.556. The van der Waals surface area contributed by atoms with Crippen LogP contribution in [-0.2, 0) is 14.6 Å². The summed E-state index contributed by atoms with van der Waals surface area (Å²) >= 11 is 0. The standard InChI is InChI=1S/C18H23N3O5S/c1-27(24,25)15-4-2-13(3-5-15)14-6-8-20(9-7-14)17(23)21-10-18(11-21)12-26-16(22)19-18/h2-5,14H,6-12H2,1H3,(H,19,22). The minimum absolute atomic E-state index is 0.00708. The van der Waals surface area contributed by atoms with Crippen molar-refractivity contribution in [1.29, 1.82) is 0 Å². The molecule has 27 heavy (non-hydrogen) atoms. The number of rotatable bonds is 2. The van der Waals surface area contributed by atoms with Gasteiger partial charge >= 0.3 is 12.1 Å². The molecule has 3 heterocycles. The molecule has 3 aliphatic heterocycles. The van der Waals surface area contributed by atoms with Crippen molar-refractivity contribution in [1.82, 2.24) is 15.1 Å². The summed E-state index contributed by atoms with van der Waals surface area (Å²) < 4.78 is 28.1. The summed E-state index contributed by atoms with van der Waals surface area (Å²) in [6, 6.07) is 7.06. The Balaban J connectivity index is 1.30. The molecule has 8 nitrogen and oxygen atoms in total. The second kappa shape index (κ2) is 6.40. The van der Waals surface area contributed by atoms with Gasteiger partial charge in [-0.1, -0.05) is 12.1 Å². The van der Waals surface area contributed by atoms with Gasteiger partial charge in [-0.3, -0.25) is 0 Å². The van der Waals surface area contributed by atoms with Crippen molar-refractivity contribution in [2.45, 2.75) is 29.2 Å². The van der Waals surface area contributed by atoms with Crippen molar-refractivity contribution in [3.05, 3.63) is 29.8 Å². The van der Waals surface area contributed by atoms with E-state index in [9.17, 15) is 18.0 Å². The van der Waals surface area contributed by atoms with Crippen LogP contribution in [0, 0.1) is 0 Å². The van der Waals surface area contributed by atoms with Gasteiger partial charge in [-0.25, -0.2) is 18.0 Å². The third-order valence-corrected chi connectivity index (χ3v) is 6.78. The molecule has 0 bridgehead atoms. The van der Waals surface area contributed by atoms with E-state index >= 15 is 0 Å². The zero-order chi connectivity index (χ0) is 19.2. The average molecular weight is 393 g/mol. The second-order valence-corrected chi connectivity index (χ2v) is 9.74. The SMILES string of the molecule is CS(=O)(=O)c1ccc(C2CCN(C(=O)N3CC4(COC(=O)N4)C3)CC2)cc1. The molecule has 0 aromatic heterocycles. The van der Waals surface area contributed by atoms with Crippen LogP contribution in [0.15, 0.2) is 29.2 Å². The first-order valence-corrected chi connectivity index (χ1v) is 10.9. The lowest BCUT2D eigenvalue weighted by Gasteiger charge is -2.48. The van der Waals surface area contributed by atoms with Crippen LogP contribution in [0.3, 0.4) is 0 Å². The largest absolute Gasteiger partial charge is 0.447 e. The van der Waals surface area contributed by atoms with Gasteiger partial charge in [-0.05, 0) is 36.5 Å². The molecule has 1 spiro atoms. The van der Waals surface area contributed by atoms with Crippen LogP contribution in [0.2, 0.25) is 0 Å². The van der Waals surface area contributed by atoms with E-state index in [1.54, 1.807) is 17.0 Å². The third-order valence-electron chi connectivity index (χ3n) is 5.65. The number of alkyl carbamates (subject to hydrolysis) is 1. The van der Waals surface area contributed by atoms with E-state index in [4.69, 9.17) is 4.74 Å². The van der Waals surface area contributed by atoms with E-state index < -0.39 is 21.5 Å². The Hall–Kier alpha value is -2.29. The lowest BCUT2D eigenvalue weighted by atomic mass is 9.89. The monoisotopic (exact) mass is 393 g/mol. The van der Waals surface area contributed by atoms with Gasteiger partial charge in [0.25, 0.3) is 0 Å². The van der Waals surface area contributed by atoms with E-state index in [-0.39, 0.29) is 6.03 Å². The summed E-state index contributed by atoms with van der Waals surface area (Å²) in [6.45, 7) is 2.64. The molecule has 3 amide bonds. The molecule has 3 saturated heterocycles. The number of piperidine rings is 1. The number of sulfone groups is 1. The van der Waals surface area contributed by atoms with E-state index in [0.29, 0.717) is 43.6 Å². The lowest BCUT2D eigenvalue weighted by molar-refractivity contribution is 0.0492. The quantitative estimate of drug-likeness (QED) is 0.814. The fourth-order valence-corrected chi connectivity index (χ4v) is 4.70. The predicted molar refractivity (Wildman–Crippen MR) is 97.3 cm³/mol. The highest BCUT2D eigenvalue weighted by Gasteiger charge is 2.52. The van der Waals surface area contributed by atoms with Gasteiger partial charge in [-0.15, -0.1) is 0 Å². The molecule has 0 atom stereocenters. The van der Waals surface area contributed by atoms with Gasteiger partial charge in [0.15, 0.2) is 9.84 Å². The number of carbonyl (C=O) groups excluding carboxylic acids is 2. The van der Waals surface area contributed by atoms with Crippen LogP contribution in [0.25, 0.3) is 0 Å². The number of urea groups is 1. The highest BCUT2D eigenvalue weighted by Crippen LogP contribution is 2.31. The van der Waals surface area contributed by atoms with Gasteiger partial charge in [0.1, 0.15) is 12.1 Å². The summed E-state index contributed by atoms with van der Waals surface area (Å²) in [5, 5.41) is 2.78. The van der Waals surface area contributed by atoms with Gasteiger partial charge in [-0.2, -0.15) is 0 Å². The summed E-state index contributed by atoms with van der Waals surface area (Å²) in [4.78, 5) is 27.8. The van der Waals surface area contributed by atoms with E-state index in [1.165, 1.54) is 6.26 Å². The first-order chi connectivity index (χ1) is 12.8. The molecule has 4 rings (SSSR count). The minimum atomic E-state index is -3.18. The number of nitrogens with one attached hydrogen (secondary N) is 1. The summed E-state index contributed by atoms with van der Waals surface area (Å²) in [7, 11) is -3.18. The number of benzene rings is 1. The van der Waals surface area contributed by atoms with Crippen LogP contribution in [0.1, 0.15) is 24.3 Å². The molecular formula is C18H23N3O5S. The molecule has 9 heteroatoms. The van der Waals surface area contributed by atoms with E-state index in [1.807, 2.05) is 17.0 Å². The first-order valence-electron chi connectivity index (χ1n) is 9.05. The third kappa shape index (κ3) is 3.47. The number of hydrogen-bond donors (Lipinski definition) is 1. The van der Waals surface area contributed by atoms with Crippen molar-refractivity contribution in [2.24, 2.45) is 0 Å². The highest BCUT2D eigenvalue weighted by atomic mass is 32.2. The lowest BCUT2D eigenvalue weighted by Crippen LogP contribution is -2.71. The molecule has 3 aliphatic rings. The molecule has 146 valence electrons. The summed E-state index contributed by atoms with van der Waals surface area (Å²) in [5.74, 6) is 0.327. The van der Waals surface area contributed by atoms with Gasteiger partial charge < -0.3 is 19.9 Å². The number of likely N-dealkylation sites (tertiary alicyclic amines) is 2. The number of carbonyl (C=O) groups is 2. The molecule has 0 saturated carbocycles. The topological polar surface area (TPSA) is 96.0 Å². The summed E-state index contributed by atoms with van der Waals surface area (Å²) in [5.41, 5.74) is 0.718. The fourth-order valence-electron chi connectivity index (χ4n) is 4.07. The Morgan fingerprint density at radius 3 is 2.30 bits per heavy atom. The smallest absolute Gasteiger partial charge is 0.407 e.